The number of aromatic nitrogens is 3. The fourth-order valence-corrected chi connectivity index (χ4v) is 4.38. The Morgan fingerprint density at radius 1 is 1.00 bits per heavy atom. The van der Waals surface area contributed by atoms with Gasteiger partial charge in [-0.15, -0.1) is 0 Å². The van der Waals surface area contributed by atoms with E-state index in [1.54, 1.807) is 4.68 Å². The van der Waals surface area contributed by atoms with Crippen LogP contribution in [-0.2, 0) is 13.6 Å². The van der Waals surface area contributed by atoms with Crippen molar-refractivity contribution < 1.29 is 0 Å². The van der Waals surface area contributed by atoms with E-state index in [-0.39, 0.29) is 0 Å². The van der Waals surface area contributed by atoms with Gasteiger partial charge in [0, 0.05) is 59.8 Å². The van der Waals surface area contributed by atoms with Crippen LogP contribution in [0, 0.1) is 0 Å². The van der Waals surface area contributed by atoms with Gasteiger partial charge in [0.1, 0.15) is 5.82 Å². The summed E-state index contributed by atoms with van der Waals surface area (Å²) in [6, 6.07) is 8.42. The monoisotopic (exact) mass is 391 g/mol. The molecule has 1 saturated heterocycles. The van der Waals surface area contributed by atoms with Gasteiger partial charge in [0.2, 0.25) is 0 Å². The molecule has 0 radical (unpaired) electrons. The molecule has 0 bridgehead atoms. The smallest absolute Gasteiger partial charge is 0.129 e. The zero-order valence-electron chi connectivity index (χ0n) is 15.9. The first-order chi connectivity index (χ1) is 13.7. The number of rotatable bonds is 3. The summed E-state index contributed by atoms with van der Waals surface area (Å²) < 4.78 is 1.80. The van der Waals surface area contributed by atoms with Crippen molar-refractivity contribution in [3.05, 3.63) is 64.6 Å². The predicted octanol–water partition coefficient (Wildman–Crippen LogP) is 4.48. The van der Waals surface area contributed by atoms with Crippen LogP contribution in [0.15, 0.2) is 47.8 Å². The highest BCUT2D eigenvalue weighted by Gasteiger charge is 2.23. The van der Waals surface area contributed by atoms with Crippen LogP contribution in [-0.4, -0.2) is 33.6 Å². The van der Waals surface area contributed by atoms with Gasteiger partial charge in [-0.3, -0.25) is 9.67 Å². The summed E-state index contributed by atoms with van der Waals surface area (Å²) in [5.41, 5.74) is 6.44. The van der Waals surface area contributed by atoms with E-state index in [1.807, 2.05) is 37.8 Å². The molecule has 5 nitrogen and oxygen atoms in total. The molecule has 0 amide bonds. The topological polar surface area (TPSA) is 46.3 Å². The predicted molar refractivity (Wildman–Crippen MR) is 113 cm³/mol. The lowest BCUT2D eigenvalue weighted by Gasteiger charge is -2.28. The van der Waals surface area contributed by atoms with Crippen molar-refractivity contribution in [1.29, 1.82) is 0 Å². The average molecular weight is 392 g/mol. The number of pyridine rings is 1. The van der Waals surface area contributed by atoms with Crippen LogP contribution in [0.5, 0.6) is 0 Å². The Bertz CT molecular complexity index is 1060. The third-order valence-electron chi connectivity index (χ3n) is 5.58. The molecule has 1 fully saturated rings. The van der Waals surface area contributed by atoms with Gasteiger partial charge in [0.15, 0.2) is 0 Å². The number of hydrogen-bond acceptors (Lipinski definition) is 4. The lowest BCUT2D eigenvalue weighted by molar-refractivity contribution is 0.573. The zero-order valence-corrected chi connectivity index (χ0v) is 16.7. The Balaban J connectivity index is 1.53. The van der Waals surface area contributed by atoms with Crippen LogP contribution >= 0.6 is 11.6 Å². The molecule has 0 spiro atoms. The van der Waals surface area contributed by atoms with Crippen molar-refractivity contribution >= 4 is 23.1 Å². The molecular weight excluding hydrogens is 370 g/mol. The third-order valence-corrected chi connectivity index (χ3v) is 5.92. The maximum Gasteiger partial charge on any atom is 0.129 e. The molecule has 2 aromatic heterocycles. The number of piperidine rings is 1. The molecule has 5 rings (SSSR count). The van der Waals surface area contributed by atoms with Crippen molar-refractivity contribution in [1.82, 2.24) is 14.8 Å². The van der Waals surface area contributed by atoms with Crippen LogP contribution in [0.3, 0.4) is 0 Å². The molecule has 0 N–H and O–H groups in total. The van der Waals surface area contributed by atoms with Crippen LogP contribution in [0.25, 0.3) is 11.1 Å². The summed E-state index contributed by atoms with van der Waals surface area (Å²) >= 11 is 6.62. The SMILES string of the molecule is Cn1cc(-c2cc(Cl)c3c(c2)C(c2ccnc(N4CCCCC4)c2)=NC3)cn1. The quantitative estimate of drug-likeness (QED) is 0.661. The van der Waals surface area contributed by atoms with Gasteiger partial charge in [0.25, 0.3) is 0 Å². The molecule has 0 aliphatic carbocycles. The second-order valence-electron chi connectivity index (χ2n) is 7.50. The molecule has 0 unspecified atom stereocenters. The zero-order chi connectivity index (χ0) is 19.1. The van der Waals surface area contributed by atoms with Crippen molar-refractivity contribution in [3.8, 4) is 11.1 Å². The Morgan fingerprint density at radius 3 is 2.64 bits per heavy atom. The van der Waals surface area contributed by atoms with E-state index in [4.69, 9.17) is 16.6 Å². The molecular formula is C22H22ClN5. The molecule has 1 aromatic carbocycles. The minimum atomic E-state index is 0.623. The standard InChI is InChI=1S/C22H22ClN5/c1-27-14-17(12-26-27)16-9-18-19(20(23)10-16)13-25-22(18)15-5-6-24-21(11-15)28-7-3-2-4-8-28/h5-6,9-12,14H,2-4,7-8,13H2,1H3. The number of hydrogen-bond donors (Lipinski definition) is 0. The normalized spacial score (nSPS) is 16.2. The van der Waals surface area contributed by atoms with Crippen LogP contribution < -0.4 is 4.90 Å². The van der Waals surface area contributed by atoms with Gasteiger partial charge in [-0.1, -0.05) is 11.6 Å². The van der Waals surface area contributed by atoms with Gasteiger partial charge < -0.3 is 4.90 Å². The molecule has 0 atom stereocenters. The van der Waals surface area contributed by atoms with E-state index in [1.165, 1.54) is 19.3 Å². The number of benzene rings is 1. The first-order valence-corrected chi connectivity index (χ1v) is 10.1. The fourth-order valence-electron chi connectivity index (χ4n) is 4.10. The molecule has 142 valence electrons. The molecule has 2 aliphatic heterocycles. The fraction of sp³-hybridized carbons (Fsp3) is 0.318. The van der Waals surface area contributed by atoms with E-state index < -0.39 is 0 Å². The Hall–Kier alpha value is -2.66. The van der Waals surface area contributed by atoms with E-state index in [2.05, 4.69) is 27.1 Å². The lowest BCUT2D eigenvalue weighted by atomic mass is 9.96. The van der Waals surface area contributed by atoms with Crippen molar-refractivity contribution in [3.63, 3.8) is 0 Å². The van der Waals surface area contributed by atoms with Crippen LogP contribution in [0.1, 0.15) is 36.0 Å². The van der Waals surface area contributed by atoms with Gasteiger partial charge in [-0.05, 0) is 49.1 Å². The van der Waals surface area contributed by atoms with Crippen LogP contribution in [0.4, 0.5) is 5.82 Å². The number of aryl methyl sites for hydroxylation is 1. The Kier molecular flexibility index (Phi) is 4.40. The molecule has 4 heterocycles. The highest BCUT2D eigenvalue weighted by Crippen LogP contribution is 2.34. The first kappa shape index (κ1) is 17.4. The van der Waals surface area contributed by atoms with E-state index in [0.717, 1.165) is 57.5 Å². The lowest BCUT2D eigenvalue weighted by Crippen LogP contribution is -2.30. The summed E-state index contributed by atoms with van der Waals surface area (Å²) in [5.74, 6) is 1.04. The van der Waals surface area contributed by atoms with Gasteiger partial charge in [-0.25, -0.2) is 4.98 Å². The number of aliphatic imine (C=N–C) groups is 1. The number of halogens is 1. The van der Waals surface area contributed by atoms with Gasteiger partial charge in [-0.2, -0.15) is 5.10 Å². The third kappa shape index (κ3) is 3.10. The minimum Gasteiger partial charge on any atom is -0.357 e. The summed E-state index contributed by atoms with van der Waals surface area (Å²) in [6.45, 7) is 2.78. The summed E-state index contributed by atoms with van der Waals surface area (Å²) in [5, 5.41) is 5.05. The number of anilines is 1. The van der Waals surface area contributed by atoms with Crippen molar-refractivity contribution in [2.24, 2.45) is 12.0 Å². The van der Waals surface area contributed by atoms with Gasteiger partial charge in [0.05, 0.1) is 18.5 Å². The summed E-state index contributed by atoms with van der Waals surface area (Å²) in [4.78, 5) is 11.8. The maximum absolute atomic E-state index is 6.62. The highest BCUT2D eigenvalue weighted by molar-refractivity contribution is 6.33. The van der Waals surface area contributed by atoms with Crippen LogP contribution in [0.2, 0.25) is 5.02 Å². The second kappa shape index (κ2) is 7.06. The van der Waals surface area contributed by atoms with E-state index >= 15 is 0 Å². The molecule has 28 heavy (non-hydrogen) atoms. The second-order valence-corrected chi connectivity index (χ2v) is 7.91. The summed E-state index contributed by atoms with van der Waals surface area (Å²) in [7, 11) is 1.92. The Labute approximate surface area is 169 Å². The molecule has 2 aliphatic rings. The van der Waals surface area contributed by atoms with E-state index in [0.29, 0.717) is 6.54 Å². The largest absolute Gasteiger partial charge is 0.357 e. The maximum atomic E-state index is 6.62. The molecule has 6 heteroatoms. The highest BCUT2D eigenvalue weighted by atomic mass is 35.5. The van der Waals surface area contributed by atoms with E-state index in [9.17, 15) is 0 Å². The molecule has 3 aromatic rings. The molecule has 0 saturated carbocycles. The summed E-state index contributed by atoms with van der Waals surface area (Å²) in [6.07, 6.45) is 9.55. The Morgan fingerprint density at radius 2 is 1.86 bits per heavy atom. The van der Waals surface area contributed by atoms with Gasteiger partial charge >= 0.3 is 0 Å². The minimum absolute atomic E-state index is 0.623. The number of fused-ring (bicyclic) bond motifs is 1. The first-order valence-electron chi connectivity index (χ1n) is 9.77. The number of nitrogens with zero attached hydrogens (tertiary/aromatic N) is 5. The van der Waals surface area contributed by atoms with Crippen molar-refractivity contribution in [2.75, 3.05) is 18.0 Å². The average Bonchev–Trinajstić information content (AvgIpc) is 3.35. The van der Waals surface area contributed by atoms with Crippen molar-refractivity contribution in [2.45, 2.75) is 25.8 Å².